The molecule has 0 heterocycles. The standard InChI is InChI=1S/C2H4O2.Li.Pd/c1-2(3)4;;/h1H3,(H,3,4);;/q;+1;/p-1. The van der Waals surface area contributed by atoms with E-state index in [1.54, 1.807) is 0 Å². The van der Waals surface area contributed by atoms with Crippen molar-refractivity contribution in [2.45, 2.75) is 6.92 Å². The number of aliphatic carboxylic acids is 1. The molecule has 6 heavy (non-hydrogen) atoms. The molecule has 0 aromatic heterocycles. The zero-order chi connectivity index (χ0) is 3.58. The van der Waals surface area contributed by atoms with Gasteiger partial charge in [0, 0.05) is 26.4 Å². The third kappa shape index (κ3) is 124. The minimum atomic E-state index is -1.08. The fourth-order valence-corrected chi connectivity index (χ4v) is 0. The zero-order valence-electron chi connectivity index (χ0n) is 3.63. The van der Waals surface area contributed by atoms with Gasteiger partial charge in [-0.3, -0.25) is 0 Å². The van der Waals surface area contributed by atoms with Crippen molar-refractivity contribution in [1.82, 2.24) is 0 Å². The second kappa shape index (κ2) is 9.21. The van der Waals surface area contributed by atoms with E-state index in [4.69, 9.17) is 9.90 Å². The van der Waals surface area contributed by atoms with Gasteiger partial charge in [0.1, 0.15) is 0 Å². The summed E-state index contributed by atoms with van der Waals surface area (Å²) in [4.78, 5) is 8.89. The maximum Gasteiger partial charge on any atom is 1.00 e. The molecule has 0 aliphatic heterocycles. The molecule has 2 nitrogen and oxygen atoms in total. The van der Waals surface area contributed by atoms with Crippen molar-refractivity contribution in [2.75, 3.05) is 0 Å². The van der Waals surface area contributed by atoms with Crippen LogP contribution in [0.25, 0.3) is 0 Å². The van der Waals surface area contributed by atoms with Crippen molar-refractivity contribution >= 4 is 5.97 Å². The first-order valence-electron chi connectivity index (χ1n) is 0.908. The number of rotatable bonds is 0. The van der Waals surface area contributed by atoms with Crippen molar-refractivity contribution in [3.05, 3.63) is 0 Å². The van der Waals surface area contributed by atoms with Crippen LogP contribution in [0.2, 0.25) is 0 Å². The molecule has 0 aliphatic rings. The van der Waals surface area contributed by atoms with Gasteiger partial charge >= 0.3 is 18.9 Å². The number of hydrogen-bond donors (Lipinski definition) is 0. The Balaban J connectivity index is -0.0000000450. The smallest absolute Gasteiger partial charge is 0.550 e. The van der Waals surface area contributed by atoms with Gasteiger partial charge in [-0.25, -0.2) is 0 Å². The van der Waals surface area contributed by atoms with Crippen LogP contribution in [0.3, 0.4) is 0 Å². The molecule has 0 saturated carbocycles. The van der Waals surface area contributed by atoms with Crippen LogP contribution in [0.15, 0.2) is 0 Å². The summed E-state index contributed by atoms with van der Waals surface area (Å²) in [5, 5.41) is 8.89. The zero-order valence-corrected chi connectivity index (χ0v) is 5.19. The summed E-state index contributed by atoms with van der Waals surface area (Å²) >= 11 is 0. The molecule has 0 amide bonds. The van der Waals surface area contributed by atoms with Crippen LogP contribution in [-0.2, 0) is 25.2 Å². The molecule has 0 N–H and O–H groups in total. The molecule has 4 heteroatoms. The maximum absolute atomic E-state index is 8.89. The number of carboxylic acid groups (broad SMARTS) is 1. The van der Waals surface area contributed by atoms with Crippen molar-refractivity contribution in [3.8, 4) is 0 Å². The molecule has 0 unspecified atom stereocenters. The Morgan fingerprint density at radius 3 is 1.67 bits per heavy atom. The Morgan fingerprint density at radius 1 is 1.67 bits per heavy atom. The first-order chi connectivity index (χ1) is 1.73. The predicted octanol–water partition coefficient (Wildman–Crippen LogP) is -4.24. The normalized spacial score (nSPS) is 4.17. The van der Waals surface area contributed by atoms with E-state index in [1.165, 1.54) is 0 Å². The van der Waals surface area contributed by atoms with Gasteiger partial charge in [-0.05, 0) is 6.92 Å². The van der Waals surface area contributed by atoms with Crippen LogP contribution < -0.4 is 24.0 Å². The fourth-order valence-electron chi connectivity index (χ4n) is 0. The molecule has 0 atom stereocenters. The number of carbonyl (C=O) groups is 1. The summed E-state index contributed by atoms with van der Waals surface area (Å²) in [5.74, 6) is -1.08. The van der Waals surface area contributed by atoms with E-state index in [-0.39, 0.29) is 39.3 Å². The molecule has 0 saturated heterocycles. The van der Waals surface area contributed by atoms with E-state index >= 15 is 0 Å². The summed E-state index contributed by atoms with van der Waals surface area (Å²) in [5.41, 5.74) is 0. The van der Waals surface area contributed by atoms with Crippen LogP contribution in [0, 0.1) is 0 Å². The van der Waals surface area contributed by atoms with Crippen LogP contribution in [0.5, 0.6) is 0 Å². The van der Waals surface area contributed by atoms with Gasteiger partial charge in [-0.1, -0.05) is 0 Å². The Kier molecular flexibility index (Phi) is 24.4. The second-order valence-electron chi connectivity index (χ2n) is 0.492. The second-order valence-corrected chi connectivity index (χ2v) is 0.492. The summed E-state index contributed by atoms with van der Waals surface area (Å²) in [6, 6.07) is 0. The van der Waals surface area contributed by atoms with Crippen LogP contribution in [0.4, 0.5) is 0 Å². The molecule has 0 aromatic carbocycles. The average molecular weight is 172 g/mol. The van der Waals surface area contributed by atoms with E-state index in [0.29, 0.717) is 0 Å². The van der Waals surface area contributed by atoms with Gasteiger partial charge in [0.05, 0.1) is 0 Å². The third-order valence-electron chi connectivity index (χ3n) is 0. The Hall–Kier alpha value is 0.730. The summed E-state index contributed by atoms with van der Waals surface area (Å²) in [6.07, 6.45) is 0. The molecule has 0 fully saturated rings. The Morgan fingerprint density at radius 2 is 1.67 bits per heavy atom. The molecular formula is C2H3LiO2Pd. The summed E-state index contributed by atoms with van der Waals surface area (Å²) < 4.78 is 0. The molecule has 0 spiro atoms. The third-order valence-corrected chi connectivity index (χ3v) is 0. The maximum atomic E-state index is 8.89. The molecule has 0 rings (SSSR count). The van der Waals surface area contributed by atoms with E-state index in [0.717, 1.165) is 6.92 Å². The van der Waals surface area contributed by atoms with Crippen LogP contribution in [0.1, 0.15) is 6.92 Å². The molecular weight excluding hydrogens is 169 g/mol. The van der Waals surface area contributed by atoms with Crippen molar-refractivity contribution < 1.29 is 49.2 Å². The number of carboxylic acids is 1. The number of carbonyl (C=O) groups excluding carboxylic acids is 1. The van der Waals surface area contributed by atoms with Gasteiger partial charge in [0.2, 0.25) is 0 Å². The minimum Gasteiger partial charge on any atom is -0.550 e. The molecule has 0 radical (unpaired) electrons. The minimum absolute atomic E-state index is 0. The molecule has 34 valence electrons. The van der Waals surface area contributed by atoms with Crippen molar-refractivity contribution in [2.24, 2.45) is 0 Å². The first-order valence-corrected chi connectivity index (χ1v) is 0.908. The largest absolute Gasteiger partial charge is 1.00 e. The summed E-state index contributed by atoms with van der Waals surface area (Å²) in [6.45, 7) is 0.972. The molecule has 0 bridgehead atoms. The molecule has 0 aromatic rings. The van der Waals surface area contributed by atoms with E-state index in [1.807, 2.05) is 0 Å². The van der Waals surface area contributed by atoms with Gasteiger partial charge in [0.15, 0.2) is 0 Å². The van der Waals surface area contributed by atoms with Gasteiger partial charge in [0.25, 0.3) is 0 Å². The average Bonchev–Trinajstić information content (AvgIpc) is 0.811. The van der Waals surface area contributed by atoms with Crippen LogP contribution >= 0.6 is 0 Å². The first kappa shape index (κ1) is 15.9. The van der Waals surface area contributed by atoms with Crippen LogP contribution in [-0.4, -0.2) is 5.97 Å². The van der Waals surface area contributed by atoms with Gasteiger partial charge in [-0.2, -0.15) is 0 Å². The Labute approximate surface area is 62.1 Å². The van der Waals surface area contributed by atoms with E-state index in [2.05, 4.69) is 0 Å². The van der Waals surface area contributed by atoms with E-state index < -0.39 is 5.97 Å². The quantitative estimate of drug-likeness (QED) is 0.347. The van der Waals surface area contributed by atoms with Gasteiger partial charge < -0.3 is 9.90 Å². The summed E-state index contributed by atoms with van der Waals surface area (Å²) in [7, 11) is 0. The van der Waals surface area contributed by atoms with E-state index in [9.17, 15) is 0 Å². The fraction of sp³-hybridized carbons (Fsp3) is 0.500. The topological polar surface area (TPSA) is 40.1 Å². The molecule has 0 aliphatic carbocycles. The van der Waals surface area contributed by atoms with Gasteiger partial charge in [-0.15, -0.1) is 0 Å². The van der Waals surface area contributed by atoms with Crippen molar-refractivity contribution in [1.29, 1.82) is 0 Å². The SMILES string of the molecule is CC(=O)[O-].[Li+].[Pd]. The number of hydrogen-bond acceptors (Lipinski definition) is 2. The Bertz CT molecular complexity index is 34.5. The predicted molar refractivity (Wildman–Crippen MR) is 10.7 cm³/mol. The van der Waals surface area contributed by atoms with Crippen molar-refractivity contribution in [3.63, 3.8) is 0 Å². The monoisotopic (exact) mass is 172 g/mol.